The molecule has 2 heteroatoms. The van der Waals surface area contributed by atoms with Gasteiger partial charge in [-0.05, 0) is 12.1 Å². The molecule has 0 N–H and O–H groups in total. The molecule has 0 unspecified atom stereocenters. The van der Waals surface area contributed by atoms with Gasteiger partial charge in [0, 0.05) is 0 Å². The monoisotopic (exact) mass is 210 g/mol. The molecule has 2 aromatic rings. The molecule has 0 aromatic heterocycles. The molecule has 2 rings (SSSR count). The summed E-state index contributed by atoms with van der Waals surface area (Å²) in [7, 11) is 0. The normalized spacial score (nSPS) is 9.81. The quantitative estimate of drug-likeness (QED) is 0.681. The van der Waals surface area contributed by atoms with Gasteiger partial charge < -0.3 is 0 Å². The van der Waals surface area contributed by atoms with E-state index in [-0.39, 0.29) is 12.5 Å². The zero-order valence-electron chi connectivity index (χ0n) is 8.94. The molecule has 0 nitrogen and oxygen atoms in total. The second-order valence-corrected chi connectivity index (χ2v) is 3.68. The molecule has 0 aliphatic heterocycles. The third-order valence-electron chi connectivity index (χ3n) is 2.60. The van der Waals surface area contributed by atoms with Crippen molar-refractivity contribution in [3.8, 4) is 0 Å². The average Bonchev–Trinajstić information content (AvgIpc) is 2.31. The van der Waals surface area contributed by atoms with Gasteiger partial charge in [-0.15, -0.1) is 12.6 Å². The summed E-state index contributed by atoms with van der Waals surface area (Å²) in [5.74, 6) is 1.63. The highest BCUT2D eigenvalue weighted by molar-refractivity contribution is 6.89. The van der Waals surface area contributed by atoms with Gasteiger partial charge in [0.05, 0.1) is 0 Å². The predicted octanol–water partition coefficient (Wildman–Crippen LogP) is 2.16. The van der Waals surface area contributed by atoms with Gasteiger partial charge in [0.15, 0.2) is 0 Å². The molecule has 2 aromatic carbocycles. The summed E-state index contributed by atoms with van der Waals surface area (Å²) in [6.45, 7) is 3.87. The molecule has 0 aliphatic carbocycles. The van der Waals surface area contributed by atoms with Crippen molar-refractivity contribution in [2.45, 2.75) is 0 Å². The number of hydrogen-bond acceptors (Lipinski definition) is 0. The highest BCUT2D eigenvalue weighted by atomic mass is 19.1. The van der Waals surface area contributed by atoms with E-state index in [1.807, 2.05) is 42.4 Å². The van der Waals surface area contributed by atoms with E-state index in [4.69, 9.17) is 0 Å². The maximum Gasteiger partial charge on any atom is 0.233 e. The summed E-state index contributed by atoms with van der Waals surface area (Å²) in [6, 6.07) is 16.6. The van der Waals surface area contributed by atoms with Crippen LogP contribution in [0.5, 0.6) is 0 Å². The van der Waals surface area contributed by atoms with Crippen LogP contribution in [-0.4, -0.2) is 6.71 Å². The fraction of sp³-hybridized carbons (Fsp3) is 0. The summed E-state index contributed by atoms with van der Waals surface area (Å²) >= 11 is 0. The van der Waals surface area contributed by atoms with E-state index >= 15 is 0 Å². The fourth-order valence-electron chi connectivity index (χ4n) is 1.83. The lowest BCUT2D eigenvalue weighted by Gasteiger charge is -2.09. The van der Waals surface area contributed by atoms with Crippen LogP contribution in [-0.2, 0) is 0 Å². The van der Waals surface area contributed by atoms with E-state index in [2.05, 4.69) is 6.58 Å². The first-order valence-corrected chi connectivity index (χ1v) is 5.24. The molecular weight excluding hydrogens is 198 g/mol. The standard InChI is InChI=1S/C14H12BF/c1-2-15(12-7-4-3-5-8-12)13-9-6-10-14(16)11-13/h2-11H,1H2. The third-order valence-corrected chi connectivity index (χ3v) is 2.60. The molecular formula is C14H12BF. The van der Waals surface area contributed by atoms with Crippen molar-refractivity contribution in [1.82, 2.24) is 0 Å². The zero-order valence-corrected chi connectivity index (χ0v) is 8.94. The molecule has 0 bridgehead atoms. The zero-order chi connectivity index (χ0) is 11.4. The molecule has 16 heavy (non-hydrogen) atoms. The number of benzene rings is 2. The lowest BCUT2D eigenvalue weighted by Crippen LogP contribution is -2.40. The Morgan fingerprint density at radius 2 is 1.62 bits per heavy atom. The smallest absolute Gasteiger partial charge is 0.207 e. The van der Waals surface area contributed by atoms with Crippen LogP contribution in [0.3, 0.4) is 0 Å². The van der Waals surface area contributed by atoms with Gasteiger partial charge in [0.1, 0.15) is 5.82 Å². The van der Waals surface area contributed by atoms with Crippen molar-refractivity contribution < 1.29 is 4.39 Å². The summed E-state index contributed by atoms with van der Waals surface area (Å²) in [5.41, 5.74) is 2.06. The second kappa shape index (κ2) is 4.80. The summed E-state index contributed by atoms with van der Waals surface area (Å²) in [5, 5.41) is 0. The minimum atomic E-state index is -0.208. The first-order valence-electron chi connectivity index (χ1n) is 5.24. The molecule has 0 amide bonds. The molecule has 0 saturated carbocycles. The number of hydrogen-bond donors (Lipinski definition) is 0. The van der Waals surface area contributed by atoms with Crippen LogP contribution < -0.4 is 10.9 Å². The maximum atomic E-state index is 13.1. The van der Waals surface area contributed by atoms with Gasteiger partial charge in [0.2, 0.25) is 6.71 Å². The first-order chi connectivity index (χ1) is 7.81. The predicted molar refractivity (Wildman–Crippen MR) is 68.1 cm³/mol. The third kappa shape index (κ3) is 2.22. The van der Waals surface area contributed by atoms with Gasteiger partial charge in [-0.1, -0.05) is 53.4 Å². The van der Waals surface area contributed by atoms with Crippen LogP contribution in [0, 0.1) is 5.82 Å². The van der Waals surface area contributed by atoms with E-state index in [9.17, 15) is 4.39 Å². The Hall–Kier alpha value is -1.83. The van der Waals surface area contributed by atoms with Gasteiger partial charge in [-0.3, -0.25) is 0 Å². The Kier molecular flexibility index (Phi) is 3.20. The minimum Gasteiger partial charge on any atom is -0.207 e. The van der Waals surface area contributed by atoms with E-state index in [1.54, 1.807) is 12.1 Å². The van der Waals surface area contributed by atoms with Crippen molar-refractivity contribution in [3.63, 3.8) is 0 Å². The van der Waals surface area contributed by atoms with Crippen molar-refractivity contribution >= 4 is 17.6 Å². The van der Waals surface area contributed by atoms with Crippen molar-refractivity contribution in [2.24, 2.45) is 0 Å². The topological polar surface area (TPSA) is 0 Å². The Balaban J connectivity index is 2.41. The lowest BCUT2D eigenvalue weighted by atomic mass is 9.41. The summed E-state index contributed by atoms with van der Waals surface area (Å²) < 4.78 is 13.1. The molecule has 0 saturated heterocycles. The minimum absolute atomic E-state index is 0.0527. The van der Waals surface area contributed by atoms with E-state index in [1.165, 1.54) is 6.07 Å². The lowest BCUT2D eigenvalue weighted by molar-refractivity contribution is 0.629. The summed E-state index contributed by atoms with van der Waals surface area (Å²) in [4.78, 5) is 0. The van der Waals surface area contributed by atoms with Gasteiger partial charge >= 0.3 is 0 Å². The highest BCUT2D eigenvalue weighted by Gasteiger charge is 2.14. The fourth-order valence-corrected chi connectivity index (χ4v) is 1.83. The van der Waals surface area contributed by atoms with E-state index in [0.29, 0.717) is 0 Å². The Morgan fingerprint density at radius 1 is 0.938 bits per heavy atom. The molecule has 0 spiro atoms. The number of rotatable bonds is 3. The van der Waals surface area contributed by atoms with Gasteiger partial charge in [0.25, 0.3) is 0 Å². The van der Waals surface area contributed by atoms with Crippen LogP contribution >= 0.6 is 0 Å². The van der Waals surface area contributed by atoms with Crippen molar-refractivity contribution in [2.75, 3.05) is 0 Å². The van der Waals surface area contributed by atoms with Crippen LogP contribution in [0.4, 0.5) is 4.39 Å². The van der Waals surface area contributed by atoms with Crippen LogP contribution in [0.25, 0.3) is 0 Å². The van der Waals surface area contributed by atoms with Crippen LogP contribution in [0.15, 0.2) is 67.2 Å². The Bertz CT molecular complexity index is 479. The van der Waals surface area contributed by atoms with Crippen LogP contribution in [0.1, 0.15) is 0 Å². The molecule has 0 radical (unpaired) electrons. The molecule has 78 valence electrons. The summed E-state index contributed by atoms with van der Waals surface area (Å²) in [6.07, 6.45) is 0. The maximum absolute atomic E-state index is 13.1. The average molecular weight is 210 g/mol. The largest absolute Gasteiger partial charge is 0.233 e. The highest BCUT2D eigenvalue weighted by Crippen LogP contribution is 1.97. The van der Waals surface area contributed by atoms with E-state index < -0.39 is 0 Å². The molecule has 0 aliphatic rings. The molecule has 0 fully saturated rings. The molecule has 0 atom stereocenters. The van der Waals surface area contributed by atoms with E-state index in [0.717, 1.165) is 10.9 Å². The second-order valence-electron chi connectivity index (χ2n) is 3.68. The Labute approximate surface area is 95.5 Å². The Morgan fingerprint density at radius 3 is 2.25 bits per heavy atom. The van der Waals surface area contributed by atoms with Gasteiger partial charge in [-0.25, -0.2) is 4.39 Å². The number of halogens is 1. The van der Waals surface area contributed by atoms with Crippen molar-refractivity contribution in [1.29, 1.82) is 0 Å². The van der Waals surface area contributed by atoms with Gasteiger partial charge in [-0.2, -0.15) is 0 Å². The molecule has 0 heterocycles. The first kappa shape index (κ1) is 10.7. The van der Waals surface area contributed by atoms with Crippen LogP contribution in [0.2, 0.25) is 0 Å². The SMILES string of the molecule is C=CB(c1ccccc1)c1cccc(F)c1. The van der Waals surface area contributed by atoms with Crippen molar-refractivity contribution in [3.05, 3.63) is 73.0 Å².